The van der Waals surface area contributed by atoms with Crippen LogP contribution >= 0.6 is 15.9 Å². The van der Waals surface area contributed by atoms with Crippen LogP contribution in [0, 0.1) is 12.7 Å². The molecule has 2 aromatic rings. The Morgan fingerprint density at radius 3 is 2.72 bits per heavy atom. The van der Waals surface area contributed by atoms with Crippen molar-refractivity contribution in [3.8, 4) is 0 Å². The zero-order valence-electron chi connectivity index (χ0n) is 10.5. The summed E-state index contributed by atoms with van der Waals surface area (Å²) in [5.41, 5.74) is 1.62. The van der Waals surface area contributed by atoms with E-state index in [4.69, 9.17) is 0 Å². The number of imidazole rings is 1. The third kappa shape index (κ3) is 2.72. The van der Waals surface area contributed by atoms with Crippen molar-refractivity contribution in [2.45, 2.75) is 26.8 Å². The summed E-state index contributed by atoms with van der Waals surface area (Å²) in [6.07, 6.45) is 1.97. The molecule has 1 aromatic heterocycles. The summed E-state index contributed by atoms with van der Waals surface area (Å²) < 4.78 is 15.9. The fourth-order valence-electron chi connectivity index (χ4n) is 1.71. The molecule has 2 rings (SSSR count). The number of rotatable bonds is 3. The molecule has 0 unspecified atom stereocenters. The molecular weight excluding hydrogens is 297 g/mol. The fraction of sp³-hybridized carbons (Fsp3) is 0.308. The number of halogens is 2. The molecule has 18 heavy (non-hydrogen) atoms. The van der Waals surface area contributed by atoms with Gasteiger partial charge in [-0.15, -0.1) is 0 Å². The molecule has 0 fully saturated rings. The molecule has 0 saturated heterocycles. The summed E-state index contributed by atoms with van der Waals surface area (Å²) in [6.45, 7) is 6.09. The smallest absolute Gasteiger partial charge is 0.207 e. The Labute approximate surface area is 114 Å². The second kappa shape index (κ2) is 5.10. The van der Waals surface area contributed by atoms with Gasteiger partial charge in [0, 0.05) is 17.9 Å². The zero-order chi connectivity index (χ0) is 13.3. The molecule has 96 valence electrons. The van der Waals surface area contributed by atoms with Crippen LogP contribution in [0.3, 0.4) is 0 Å². The fourth-order valence-corrected chi connectivity index (χ4v) is 1.95. The van der Waals surface area contributed by atoms with E-state index < -0.39 is 0 Å². The normalized spacial score (nSPS) is 11.0. The summed E-state index contributed by atoms with van der Waals surface area (Å²) in [7, 11) is 0. The maximum atomic E-state index is 13.4. The van der Waals surface area contributed by atoms with Crippen LogP contribution in [0.1, 0.15) is 25.6 Å². The van der Waals surface area contributed by atoms with E-state index in [2.05, 4.69) is 40.1 Å². The van der Waals surface area contributed by atoms with E-state index in [0.29, 0.717) is 16.2 Å². The Bertz CT molecular complexity index is 563. The molecule has 3 nitrogen and oxygen atoms in total. The van der Waals surface area contributed by atoms with Gasteiger partial charge >= 0.3 is 0 Å². The van der Waals surface area contributed by atoms with Crippen molar-refractivity contribution in [1.29, 1.82) is 0 Å². The third-order valence-corrected chi connectivity index (χ3v) is 3.23. The molecule has 0 aliphatic rings. The standard InChI is InChI=1S/C13H15BrFN3/c1-8(2)18-7-9(3)16-13(18)17-10-4-5-11(14)12(15)6-10/h4-8H,1-3H3,(H,16,17). The molecular formula is C13H15BrFN3. The third-order valence-electron chi connectivity index (χ3n) is 2.58. The number of hydrogen-bond donors (Lipinski definition) is 1. The maximum Gasteiger partial charge on any atom is 0.207 e. The van der Waals surface area contributed by atoms with Crippen LogP contribution in [-0.2, 0) is 0 Å². The number of nitrogens with one attached hydrogen (secondary N) is 1. The first kappa shape index (κ1) is 13.1. The topological polar surface area (TPSA) is 29.9 Å². The quantitative estimate of drug-likeness (QED) is 0.909. The number of benzene rings is 1. The largest absolute Gasteiger partial charge is 0.325 e. The van der Waals surface area contributed by atoms with Gasteiger partial charge in [0.1, 0.15) is 5.82 Å². The average Bonchev–Trinajstić information content (AvgIpc) is 2.65. The van der Waals surface area contributed by atoms with Gasteiger partial charge in [-0.2, -0.15) is 0 Å². The van der Waals surface area contributed by atoms with Gasteiger partial charge < -0.3 is 9.88 Å². The van der Waals surface area contributed by atoms with Gasteiger partial charge in [0.25, 0.3) is 0 Å². The lowest BCUT2D eigenvalue weighted by molar-refractivity contribution is 0.607. The molecule has 0 amide bonds. The van der Waals surface area contributed by atoms with Gasteiger partial charge in [-0.1, -0.05) is 0 Å². The Hall–Kier alpha value is -1.36. The highest BCUT2D eigenvalue weighted by atomic mass is 79.9. The Balaban J connectivity index is 2.30. The number of nitrogens with zero attached hydrogens (tertiary/aromatic N) is 2. The summed E-state index contributed by atoms with van der Waals surface area (Å²) in [6, 6.07) is 5.22. The molecule has 1 aromatic carbocycles. The van der Waals surface area contributed by atoms with E-state index >= 15 is 0 Å². The van der Waals surface area contributed by atoms with Crippen molar-refractivity contribution < 1.29 is 4.39 Å². The predicted octanol–water partition coefficient (Wildman–Crippen LogP) is 4.42. The second-order valence-corrected chi connectivity index (χ2v) is 5.32. The SMILES string of the molecule is Cc1cn(C(C)C)c(Nc2ccc(Br)c(F)c2)n1. The molecule has 0 aliphatic carbocycles. The van der Waals surface area contributed by atoms with E-state index in [-0.39, 0.29) is 5.82 Å². The van der Waals surface area contributed by atoms with E-state index in [0.717, 1.165) is 11.6 Å². The van der Waals surface area contributed by atoms with E-state index in [1.54, 1.807) is 6.07 Å². The van der Waals surface area contributed by atoms with Crippen LogP contribution in [0.25, 0.3) is 0 Å². The molecule has 5 heteroatoms. The summed E-state index contributed by atoms with van der Waals surface area (Å²) in [5.74, 6) is 0.434. The molecule has 0 atom stereocenters. The number of aryl methyl sites for hydroxylation is 1. The second-order valence-electron chi connectivity index (χ2n) is 4.46. The molecule has 1 heterocycles. The first-order valence-electron chi connectivity index (χ1n) is 5.75. The Morgan fingerprint density at radius 1 is 1.39 bits per heavy atom. The Kier molecular flexibility index (Phi) is 3.71. The molecule has 0 spiro atoms. The highest BCUT2D eigenvalue weighted by molar-refractivity contribution is 9.10. The molecule has 1 N–H and O–H groups in total. The lowest BCUT2D eigenvalue weighted by atomic mass is 10.3. The van der Waals surface area contributed by atoms with E-state index in [9.17, 15) is 4.39 Å². The van der Waals surface area contributed by atoms with E-state index in [1.165, 1.54) is 6.07 Å². The van der Waals surface area contributed by atoms with Crippen LogP contribution in [0.2, 0.25) is 0 Å². The van der Waals surface area contributed by atoms with Gasteiger partial charge in [0.2, 0.25) is 5.95 Å². The van der Waals surface area contributed by atoms with Gasteiger partial charge in [-0.25, -0.2) is 9.37 Å². The van der Waals surface area contributed by atoms with Crippen molar-refractivity contribution in [3.05, 3.63) is 40.4 Å². The highest BCUT2D eigenvalue weighted by Crippen LogP contribution is 2.23. The lowest BCUT2D eigenvalue weighted by Crippen LogP contribution is -2.05. The minimum Gasteiger partial charge on any atom is -0.325 e. The number of aromatic nitrogens is 2. The minimum absolute atomic E-state index is 0.292. The summed E-state index contributed by atoms with van der Waals surface area (Å²) in [5, 5.41) is 3.13. The monoisotopic (exact) mass is 311 g/mol. The maximum absolute atomic E-state index is 13.4. The van der Waals surface area contributed by atoms with Gasteiger partial charge in [-0.3, -0.25) is 0 Å². The van der Waals surface area contributed by atoms with Crippen LogP contribution in [0.5, 0.6) is 0 Å². The first-order chi connectivity index (χ1) is 8.47. The van der Waals surface area contributed by atoms with Gasteiger partial charge in [0.05, 0.1) is 10.2 Å². The van der Waals surface area contributed by atoms with Gasteiger partial charge in [0.15, 0.2) is 0 Å². The average molecular weight is 312 g/mol. The van der Waals surface area contributed by atoms with Crippen molar-refractivity contribution >= 4 is 27.6 Å². The minimum atomic E-state index is -0.292. The molecule has 0 aliphatic heterocycles. The van der Waals surface area contributed by atoms with Gasteiger partial charge in [-0.05, 0) is 54.9 Å². The number of anilines is 2. The van der Waals surface area contributed by atoms with Crippen LogP contribution in [0.4, 0.5) is 16.0 Å². The van der Waals surface area contributed by atoms with Crippen molar-refractivity contribution in [1.82, 2.24) is 9.55 Å². The van der Waals surface area contributed by atoms with Crippen LogP contribution < -0.4 is 5.32 Å². The highest BCUT2D eigenvalue weighted by Gasteiger charge is 2.09. The summed E-state index contributed by atoms with van der Waals surface area (Å²) in [4.78, 5) is 4.40. The lowest BCUT2D eigenvalue weighted by Gasteiger charge is -2.12. The van der Waals surface area contributed by atoms with E-state index in [1.807, 2.05) is 23.8 Å². The Morgan fingerprint density at radius 2 is 2.11 bits per heavy atom. The van der Waals surface area contributed by atoms with Crippen LogP contribution in [-0.4, -0.2) is 9.55 Å². The molecule has 0 saturated carbocycles. The zero-order valence-corrected chi connectivity index (χ0v) is 12.1. The molecule has 0 radical (unpaired) electrons. The van der Waals surface area contributed by atoms with Crippen LogP contribution in [0.15, 0.2) is 28.9 Å². The predicted molar refractivity (Wildman–Crippen MR) is 74.7 cm³/mol. The first-order valence-corrected chi connectivity index (χ1v) is 6.54. The van der Waals surface area contributed by atoms with Crippen molar-refractivity contribution in [2.24, 2.45) is 0 Å². The molecule has 0 bridgehead atoms. The van der Waals surface area contributed by atoms with Crippen molar-refractivity contribution in [3.63, 3.8) is 0 Å². The van der Waals surface area contributed by atoms with Crippen molar-refractivity contribution in [2.75, 3.05) is 5.32 Å². The summed E-state index contributed by atoms with van der Waals surface area (Å²) >= 11 is 3.13. The number of hydrogen-bond acceptors (Lipinski definition) is 2.